The Morgan fingerprint density at radius 1 is 0.964 bits per heavy atom. The van der Waals surface area contributed by atoms with Crippen molar-refractivity contribution in [3.05, 3.63) is 65.7 Å². The van der Waals surface area contributed by atoms with Crippen LogP contribution in [0.4, 0.5) is 0 Å². The minimum atomic E-state index is -0.496. The molecule has 0 heterocycles. The maximum atomic E-state index is 10.2. The molecule has 0 aliphatic carbocycles. The molecule has 2 aromatic rings. The Morgan fingerprint density at radius 3 is 2.36 bits per heavy atom. The number of methoxy groups -OCH3 is 1. The van der Waals surface area contributed by atoms with Crippen LogP contribution in [0.3, 0.4) is 0 Å². The lowest BCUT2D eigenvalue weighted by molar-refractivity contribution is 0.0323. The first-order valence-electron chi connectivity index (χ1n) is 10.2. The molecule has 2 rings (SSSR count). The second-order valence-electron chi connectivity index (χ2n) is 7.96. The van der Waals surface area contributed by atoms with Gasteiger partial charge in [-0.25, -0.2) is 0 Å². The molecule has 2 N–H and O–H groups in total. The highest BCUT2D eigenvalue weighted by Gasteiger charge is 2.19. The number of unbranched alkanes of at least 4 members (excludes halogenated alkanes) is 1. The lowest BCUT2D eigenvalue weighted by Crippen LogP contribution is -2.46. The zero-order valence-corrected chi connectivity index (χ0v) is 17.5. The summed E-state index contributed by atoms with van der Waals surface area (Å²) in [7, 11) is 1.67. The summed E-state index contributed by atoms with van der Waals surface area (Å²) in [5.41, 5.74) is 2.50. The third kappa shape index (κ3) is 8.87. The summed E-state index contributed by atoms with van der Waals surface area (Å²) in [5, 5.41) is 13.6. The molecular formula is C24H35NO3. The monoisotopic (exact) mass is 385 g/mol. The van der Waals surface area contributed by atoms with Crippen LogP contribution in [0.25, 0.3) is 0 Å². The Bertz CT molecular complexity index is 655. The Hall–Kier alpha value is -1.88. The quantitative estimate of drug-likeness (QED) is 0.512. The van der Waals surface area contributed by atoms with Crippen molar-refractivity contribution in [1.82, 2.24) is 5.32 Å². The van der Waals surface area contributed by atoms with Gasteiger partial charge in [-0.2, -0.15) is 0 Å². The smallest absolute Gasteiger partial charge is 0.118 e. The molecule has 0 bridgehead atoms. The summed E-state index contributed by atoms with van der Waals surface area (Å²) in [5.74, 6) is 0.867. The van der Waals surface area contributed by atoms with Crippen molar-refractivity contribution in [1.29, 1.82) is 0 Å². The number of aryl methyl sites for hydroxylation is 1. The van der Waals surface area contributed by atoms with Crippen LogP contribution in [0, 0.1) is 0 Å². The summed E-state index contributed by atoms with van der Waals surface area (Å²) in [4.78, 5) is 0. The number of aliphatic hydroxyl groups is 1. The molecule has 154 valence electrons. The average molecular weight is 386 g/mol. The molecule has 1 atom stereocenters. The normalized spacial score (nSPS) is 12.7. The van der Waals surface area contributed by atoms with E-state index in [-0.39, 0.29) is 5.54 Å². The molecule has 0 aromatic heterocycles. The largest absolute Gasteiger partial charge is 0.497 e. The van der Waals surface area contributed by atoms with Gasteiger partial charge in [0.15, 0.2) is 0 Å². The summed E-state index contributed by atoms with van der Waals surface area (Å²) in [6, 6.07) is 18.6. The van der Waals surface area contributed by atoms with Gasteiger partial charge in [0.05, 0.1) is 19.8 Å². The molecule has 4 heteroatoms. The first-order chi connectivity index (χ1) is 13.5. The first-order valence-corrected chi connectivity index (χ1v) is 10.2. The van der Waals surface area contributed by atoms with Crippen LogP contribution < -0.4 is 10.1 Å². The first kappa shape index (κ1) is 22.4. The second kappa shape index (κ2) is 11.8. The molecule has 2 aromatic carbocycles. The van der Waals surface area contributed by atoms with Gasteiger partial charge in [0.1, 0.15) is 5.75 Å². The van der Waals surface area contributed by atoms with Crippen LogP contribution in [0.5, 0.6) is 5.75 Å². The lowest BCUT2D eigenvalue weighted by atomic mass is 9.94. The fourth-order valence-electron chi connectivity index (χ4n) is 3.17. The Kier molecular flexibility index (Phi) is 9.48. The van der Waals surface area contributed by atoms with E-state index in [9.17, 15) is 5.11 Å². The number of hydrogen-bond acceptors (Lipinski definition) is 4. The third-order valence-corrected chi connectivity index (χ3v) is 4.78. The standard InChI is InChI=1S/C24H35NO3/c1-24(2,17-21-12-14-23(27-3)15-13-21)25-18-22(26)19-28-16-8-7-11-20-9-5-4-6-10-20/h4-6,9-10,12-15,22,25-26H,7-8,11,16-19H2,1-3H3. The fourth-order valence-corrected chi connectivity index (χ4v) is 3.17. The van der Waals surface area contributed by atoms with Crippen molar-refractivity contribution in [3.63, 3.8) is 0 Å². The molecule has 0 aliphatic rings. The van der Waals surface area contributed by atoms with Gasteiger partial charge in [0.2, 0.25) is 0 Å². The van der Waals surface area contributed by atoms with Crippen molar-refractivity contribution in [2.45, 2.75) is 51.2 Å². The van der Waals surface area contributed by atoms with Crippen LogP contribution >= 0.6 is 0 Å². The number of benzene rings is 2. The van der Waals surface area contributed by atoms with Crippen LogP contribution in [0.1, 0.15) is 37.8 Å². The average Bonchev–Trinajstić information content (AvgIpc) is 2.70. The van der Waals surface area contributed by atoms with E-state index in [0.717, 1.165) is 31.4 Å². The predicted octanol–water partition coefficient (Wildman–Crippen LogP) is 4.01. The number of aliphatic hydroxyl groups excluding tert-OH is 1. The van der Waals surface area contributed by atoms with E-state index >= 15 is 0 Å². The molecule has 4 nitrogen and oxygen atoms in total. The van der Waals surface area contributed by atoms with Crippen molar-refractivity contribution < 1.29 is 14.6 Å². The van der Waals surface area contributed by atoms with Crippen LogP contribution in [0.15, 0.2) is 54.6 Å². The minimum Gasteiger partial charge on any atom is -0.497 e. The van der Waals surface area contributed by atoms with Gasteiger partial charge >= 0.3 is 0 Å². The van der Waals surface area contributed by atoms with Crippen molar-refractivity contribution >= 4 is 0 Å². The van der Waals surface area contributed by atoms with E-state index < -0.39 is 6.10 Å². The molecule has 0 radical (unpaired) electrons. The molecule has 0 aliphatic heterocycles. The van der Waals surface area contributed by atoms with E-state index in [1.54, 1.807) is 7.11 Å². The molecule has 0 amide bonds. The Balaban J connectivity index is 1.56. The Morgan fingerprint density at radius 2 is 1.68 bits per heavy atom. The van der Waals surface area contributed by atoms with E-state index in [4.69, 9.17) is 9.47 Å². The molecular weight excluding hydrogens is 350 g/mol. The van der Waals surface area contributed by atoms with Gasteiger partial charge < -0.3 is 19.9 Å². The molecule has 0 spiro atoms. The summed E-state index contributed by atoms with van der Waals surface area (Å²) in [6.45, 7) is 5.88. The molecule has 1 unspecified atom stereocenters. The van der Waals surface area contributed by atoms with E-state index in [1.165, 1.54) is 11.1 Å². The maximum Gasteiger partial charge on any atom is 0.118 e. The number of ether oxygens (including phenoxy) is 2. The van der Waals surface area contributed by atoms with Gasteiger partial charge in [0.25, 0.3) is 0 Å². The molecule has 0 saturated carbocycles. The zero-order chi connectivity index (χ0) is 20.2. The number of rotatable bonds is 13. The molecule has 0 fully saturated rings. The predicted molar refractivity (Wildman–Crippen MR) is 115 cm³/mol. The van der Waals surface area contributed by atoms with E-state index in [0.29, 0.717) is 19.8 Å². The molecule has 0 saturated heterocycles. The van der Waals surface area contributed by atoms with Gasteiger partial charge in [-0.1, -0.05) is 42.5 Å². The highest BCUT2D eigenvalue weighted by Crippen LogP contribution is 2.16. The van der Waals surface area contributed by atoms with E-state index in [2.05, 4.69) is 55.6 Å². The van der Waals surface area contributed by atoms with Crippen molar-refractivity contribution in [3.8, 4) is 5.75 Å². The summed E-state index contributed by atoms with van der Waals surface area (Å²) < 4.78 is 10.8. The minimum absolute atomic E-state index is 0.106. The Labute approximate surface area is 169 Å². The fraction of sp³-hybridized carbons (Fsp3) is 0.500. The topological polar surface area (TPSA) is 50.7 Å². The third-order valence-electron chi connectivity index (χ3n) is 4.78. The van der Waals surface area contributed by atoms with Gasteiger partial charge in [-0.3, -0.25) is 0 Å². The van der Waals surface area contributed by atoms with Crippen LogP contribution in [0.2, 0.25) is 0 Å². The van der Waals surface area contributed by atoms with Crippen LogP contribution in [-0.2, 0) is 17.6 Å². The SMILES string of the molecule is COc1ccc(CC(C)(C)NCC(O)COCCCCc2ccccc2)cc1. The van der Waals surface area contributed by atoms with Gasteiger partial charge in [-0.15, -0.1) is 0 Å². The maximum absolute atomic E-state index is 10.2. The van der Waals surface area contributed by atoms with Gasteiger partial charge in [0, 0.05) is 18.7 Å². The van der Waals surface area contributed by atoms with Crippen LogP contribution in [-0.4, -0.2) is 43.6 Å². The zero-order valence-electron chi connectivity index (χ0n) is 17.5. The molecule has 28 heavy (non-hydrogen) atoms. The van der Waals surface area contributed by atoms with Gasteiger partial charge in [-0.05, 0) is 62.8 Å². The lowest BCUT2D eigenvalue weighted by Gasteiger charge is -2.28. The van der Waals surface area contributed by atoms with Crippen molar-refractivity contribution in [2.24, 2.45) is 0 Å². The van der Waals surface area contributed by atoms with Crippen molar-refractivity contribution in [2.75, 3.05) is 26.9 Å². The number of nitrogens with one attached hydrogen (secondary N) is 1. The summed E-state index contributed by atoms with van der Waals surface area (Å²) >= 11 is 0. The number of hydrogen-bond donors (Lipinski definition) is 2. The summed E-state index contributed by atoms with van der Waals surface area (Å²) in [6.07, 6.45) is 3.58. The van der Waals surface area contributed by atoms with E-state index in [1.807, 2.05) is 18.2 Å². The second-order valence-corrected chi connectivity index (χ2v) is 7.96. The number of β-amino-alcohol motifs (C(OH)–C–C–N with tert-alkyl or cyclic N) is 1. The highest BCUT2D eigenvalue weighted by molar-refractivity contribution is 5.28. The highest BCUT2D eigenvalue weighted by atomic mass is 16.5.